The highest BCUT2D eigenvalue weighted by atomic mass is 14.9. The predicted molar refractivity (Wildman–Crippen MR) is 80.1 cm³/mol. The molecule has 1 heterocycles. The van der Waals surface area contributed by atoms with Crippen molar-refractivity contribution >= 4 is 10.9 Å². The van der Waals surface area contributed by atoms with Gasteiger partial charge in [0.25, 0.3) is 0 Å². The molecule has 3 rings (SSSR count). The number of aryl methyl sites for hydroxylation is 1. The van der Waals surface area contributed by atoms with Gasteiger partial charge in [-0.05, 0) is 41.6 Å². The molecule has 1 aromatic heterocycles. The Morgan fingerprint density at radius 1 is 0.947 bits per heavy atom. The molecular weight excluding hydrogens is 232 g/mol. The minimum absolute atomic E-state index is 0.596. The highest BCUT2D eigenvalue weighted by Gasteiger charge is 2.02. The van der Waals surface area contributed by atoms with Gasteiger partial charge in [-0.15, -0.1) is 0 Å². The Morgan fingerprint density at radius 3 is 2.42 bits per heavy atom. The molecular formula is C17H18N2. The molecule has 2 aromatic carbocycles. The maximum absolute atomic E-state index is 5.68. The van der Waals surface area contributed by atoms with Crippen LogP contribution in [0.1, 0.15) is 16.7 Å². The number of nitrogens with zero attached hydrogens (tertiary/aromatic N) is 1. The van der Waals surface area contributed by atoms with Gasteiger partial charge >= 0.3 is 0 Å². The van der Waals surface area contributed by atoms with Crippen molar-refractivity contribution < 1.29 is 0 Å². The molecule has 0 spiro atoms. The summed E-state index contributed by atoms with van der Waals surface area (Å²) in [5.74, 6) is 0. The summed E-state index contributed by atoms with van der Waals surface area (Å²) in [6.07, 6.45) is 2.14. The average molecular weight is 250 g/mol. The van der Waals surface area contributed by atoms with E-state index < -0.39 is 0 Å². The lowest BCUT2D eigenvalue weighted by molar-refractivity contribution is 0.836. The summed E-state index contributed by atoms with van der Waals surface area (Å²) in [6, 6.07) is 17.3. The van der Waals surface area contributed by atoms with Crippen molar-refractivity contribution in [3.05, 3.63) is 71.4 Å². The van der Waals surface area contributed by atoms with Gasteiger partial charge in [0.15, 0.2) is 0 Å². The van der Waals surface area contributed by atoms with E-state index >= 15 is 0 Å². The summed E-state index contributed by atoms with van der Waals surface area (Å²) >= 11 is 0. The van der Waals surface area contributed by atoms with E-state index in [4.69, 9.17) is 5.73 Å². The molecule has 0 radical (unpaired) electrons. The second-order valence-electron chi connectivity index (χ2n) is 5.03. The monoisotopic (exact) mass is 250 g/mol. The molecule has 96 valence electrons. The summed E-state index contributed by atoms with van der Waals surface area (Å²) in [4.78, 5) is 0. The fourth-order valence-corrected chi connectivity index (χ4v) is 2.40. The topological polar surface area (TPSA) is 30.9 Å². The Morgan fingerprint density at radius 2 is 1.68 bits per heavy atom. The molecule has 0 amide bonds. The van der Waals surface area contributed by atoms with Crippen molar-refractivity contribution in [2.24, 2.45) is 5.73 Å². The average Bonchev–Trinajstić information content (AvgIpc) is 2.83. The SMILES string of the molecule is Cc1ccc(Cn2ccc3cc(CN)ccc32)cc1. The third kappa shape index (κ3) is 2.40. The van der Waals surface area contributed by atoms with Crippen LogP contribution in [0.25, 0.3) is 10.9 Å². The van der Waals surface area contributed by atoms with E-state index in [0.717, 1.165) is 6.54 Å². The van der Waals surface area contributed by atoms with Crippen LogP contribution >= 0.6 is 0 Å². The molecule has 0 unspecified atom stereocenters. The molecule has 0 bridgehead atoms. The summed E-state index contributed by atoms with van der Waals surface area (Å²) < 4.78 is 2.28. The van der Waals surface area contributed by atoms with Crippen molar-refractivity contribution in [1.82, 2.24) is 4.57 Å². The summed E-state index contributed by atoms with van der Waals surface area (Å²) in [7, 11) is 0. The van der Waals surface area contributed by atoms with Crippen molar-refractivity contribution in [3.8, 4) is 0 Å². The molecule has 0 atom stereocenters. The molecule has 3 aromatic rings. The van der Waals surface area contributed by atoms with Crippen LogP contribution in [0.15, 0.2) is 54.7 Å². The first-order valence-corrected chi connectivity index (χ1v) is 6.59. The van der Waals surface area contributed by atoms with E-state index in [-0.39, 0.29) is 0 Å². The van der Waals surface area contributed by atoms with Gasteiger partial charge in [0, 0.05) is 24.8 Å². The van der Waals surface area contributed by atoms with Crippen LogP contribution in [0.4, 0.5) is 0 Å². The number of hydrogen-bond acceptors (Lipinski definition) is 1. The van der Waals surface area contributed by atoms with Crippen LogP contribution in [0, 0.1) is 6.92 Å². The minimum atomic E-state index is 0.596. The Balaban J connectivity index is 1.95. The van der Waals surface area contributed by atoms with E-state index in [1.54, 1.807) is 0 Å². The third-order valence-corrected chi connectivity index (χ3v) is 3.54. The number of nitrogens with two attached hydrogens (primary N) is 1. The van der Waals surface area contributed by atoms with Gasteiger partial charge in [-0.2, -0.15) is 0 Å². The first-order valence-electron chi connectivity index (χ1n) is 6.59. The highest BCUT2D eigenvalue weighted by Crippen LogP contribution is 2.19. The molecule has 0 saturated heterocycles. The molecule has 2 nitrogen and oxygen atoms in total. The van der Waals surface area contributed by atoms with E-state index in [1.165, 1.54) is 27.6 Å². The molecule has 0 aliphatic rings. The van der Waals surface area contributed by atoms with Crippen LogP contribution in [0.3, 0.4) is 0 Å². The first kappa shape index (κ1) is 12.0. The minimum Gasteiger partial charge on any atom is -0.343 e. The van der Waals surface area contributed by atoms with Gasteiger partial charge in [-0.25, -0.2) is 0 Å². The molecule has 0 fully saturated rings. The van der Waals surface area contributed by atoms with Crippen LogP contribution in [-0.2, 0) is 13.1 Å². The Hall–Kier alpha value is -2.06. The fourth-order valence-electron chi connectivity index (χ4n) is 2.40. The van der Waals surface area contributed by atoms with Gasteiger partial charge in [0.2, 0.25) is 0 Å². The van der Waals surface area contributed by atoms with Crippen molar-refractivity contribution in [2.45, 2.75) is 20.0 Å². The maximum atomic E-state index is 5.68. The second kappa shape index (κ2) is 4.90. The van der Waals surface area contributed by atoms with E-state index in [9.17, 15) is 0 Å². The molecule has 0 aliphatic carbocycles. The van der Waals surface area contributed by atoms with Crippen LogP contribution < -0.4 is 5.73 Å². The van der Waals surface area contributed by atoms with Gasteiger partial charge in [-0.1, -0.05) is 35.9 Å². The molecule has 19 heavy (non-hydrogen) atoms. The van der Waals surface area contributed by atoms with E-state index in [0.29, 0.717) is 6.54 Å². The maximum Gasteiger partial charge on any atom is 0.0483 e. The number of benzene rings is 2. The van der Waals surface area contributed by atoms with Gasteiger partial charge in [-0.3, -0.25) is 0 Å². The summed E-state index contributed by atoms with van der Waals surface area (Å²) in [5, 5.41) is 1.26. The van der Waals surface area contributed by atoms with Crippen LogP contribution in [0.5, 0.6) is 0 Å². The Bertz CT molecular complexity index is 693. The number of fused-ring (bicyclic) bond motifs is 1. The van der Waals surface area contributed by atoms with Crippen molar-refractivity contribution in [2.75, 3.05) is 0 Å². The van der Waals surface area contributed by atoms with Crippen molar-refractivity contribution in [3.63, 3.8) is 0 Å². The molecule has 0 saturated carbocycles. The zero-order valence-corrected chi connectivity index (χ0v) is 11.1. The van der Waals surface area contributed by atoms with Crippen LogP contribution in [0.2, 0.25) is 0 Å². The number of hydrogen-bond donors (Lipinski definition) is 1. The Labute approximate surface area is 113 Å². The quantitative estimate of drug-likeness (QED) is 0.758. The summed E-state index contributed by atoms with van der Waals surface area (Å²) in [6.45, 7) is 3.62. The van der Waals surface area contributed by atoms with E-state index in [1.807, 2.05) is 0 Å². The molecule has 2 heteroatoms. The number of rotatable bonds is 3. The van der Waals surface area contributed by atoms with Gasteiger partial charge in [0.1, 0.15) is 0 Å². The number of aromatic nitrogens is 1. The molecule has 0 aliphatic heterocycles. The highest BCUT2D eigenvalue weighted by molar-refractivity contribution is 5.81. The standard InChI is InChI=1S/C17H18N2/c1-13-2-4-14(5-3-13)12-19-9-8-16-10-15(11-18)6-7-17(16)19/h2-10H,11-12,18H2,1H3. The van der Waals surface area contributed by atoms with Crippen molar-refractivity contribution in [1.29, 1.82) is 0 Å². The largest absolute Gasteiger partial charge is 0.343 e. The Kier molecular flexibility index (Phi) is 3.10. The first-order chi connectivity index (χ1) is 9.26. The van der Waals surface area contributed by atoms with Crippen LogP contribution in [-0.4, -0.2) is 4.57 Å². The summed E-state index contributed by atoms with van der Waals surface area (Å²) in [5.41, 5.74) is 10.7. The van der Waals surface area contributed by atoms with Gasteiger partial charge < -0.3 is 10.3 Å². The zero-order chi connectivity index (χ0) is 13.2. The normalized spacial score (nSPS) is 11.1. The predicted octanol–water partition coefficient (Wildman–Crippen LogP) is 3.46. The lowest BCUT2D eigenvalue weighted by atomic mass is 10.1. The lowest BCUT2D eigenvalue weighted by Gasteiger charge is -2.07. The van der Waals surface area contributed by atoms with E-state index in [2.05, 4.69) is 66.2 Å². The fraction of sp³-hybridized carbons (Fsp3) is 0.176. The second-order valence-corrected chi connectivity index (χ2v) is 5.03. The zero-order valence-electron chi connectivity index (χ0n) is 11.1. The molecule has 2 N–H and O–H groups in total. The van der Waals surface area contributed by atoms with Gasteiger partial charge in [0.05, 0.1) is 0 Å². The third-order valence-electron chi connectivity index (χ3n) is 3.54. The smallest absolute Gasteiger partial charge is 0.0483 e. The lowest BCUT2D eigenvalue weighted by Crippen LogP contribution is -1.99.